The van der Waals surface area contributed by atoms with Crippen LogP contribution in [0.3, 0.4) is 0 Å². The summed E-state index contributed by atoms with van der Waals surface area (Å²) >= 11 is 6.19. The van der Waals surface area contributed by atoms with Crippen LogP contribution in [-0.4, -0.2) is 28.9 Å². The van der Waals surface area contributed by atoms with Crippen LogP contribution in [0.1, 0.15) is 21.6 Å². The van der Waals surface area contributed by atoms with E-state index in [1.165, 1.54) is 19.4 Å². The number of rotatable bonds is 6. The Bertz CT molecular complexity index is 1040. The normalized spacial score (nSPS) is 10.3. The quantitative estimate of drug-likeness (QED) is 0.421. The van der Waals surface area contributed by atoms with Gasteiger partial charge in [-0.25, -0.2) is 4.98 Å². The first kappa shape index (κ1) is 20.1. The number of ether oxygens (including phenoxy) is 2. The highest BCUT2D eigenvalue weighted by molar-refractivity contribution is 6.34. The zero-order valence-electron chi connectivity index (χ0n) is 15.5. The third-order valence-corrected chi connectivity index (χ3v) is 4.25. The molecule has 0 aliphatic rings. The first-order chi connectivity index (χ1) is 14.0. The molecule has 0 aliphatic carbocycles. The molecule has 3 aromatic rings. The van der Waals surface area contributed by atoms with Gasteiger partial charge in [-0.2, -0.15) is 0 Å². The van der Waals surface area contributed by atoms with Crippen molar-refractivity contribution >= 4 is 34.9 Å². The molecule has 0 saturated heterocycles. The van der Waals surface area contributed by atoms with Gasteiger partial charge in [-0.1, -0.05) is 17.7 Å². The van der Waals surface area contributed by atoms with Crippen LogP contribution in [0.4, 0.5) is 11.5 Å². The SMILES string of the molecule is COC(=N)c1cc(NC(=O)c2cc(OCc3ccccn3)ccc2Cl)cnc1N. The Kier molecular flexibility index (Phi) is 6.25. The summed E-state index contributed by atoms with van der Waals surface area (Å²) in [6.07, 6.45) is 3.06. The second kappa shape index (κ2) is 9.03. The number of nitrogens with zero attached hydrogens (tertiary/aromatic N) is 2. The van der Waals surface area contributed by atoms with Crippen molar-refractivity contribution in [2.45, 2.75) is 6.61 Å². The maximum atomic E-state index is 12.7. The highest BCUT2D eigenvalue weighted by atomic mass is 35.5. The molecule has 8 nitrogen and oxygen atoms in total. The molecular weight excluding hydrogens is 394 g/mol. The predicted molar refractivity (Wildman–Crippen MR) is 110 cm³/mol. The van der Waals surface area contributed by atoms with Crippen molar-refractivity contribution in [1.82, 2.24) is 9.97 Å². The monoisotopic (exact) mass is 411 g/mol. The van der Waals surface area contributed by atoms with Gasteiger partial charge in [0.2, 0.25) is 5.90 Å². The van der Waals surface area contributed by atoms with E-state index < -0.39 is 5.91 Å². The summed E-state index contributed by atoms with van der Waals surface area (Å²) in [5.74, 6) is -0.0194. The molecule has 2 heterocycles. The number of nitrogens with two attached hydrogens (primary N) is 1. The summed E-state index contributed by atoms with van der Waals surface area (Å²) in [5.41, 5.74) is 7.34. The summed E-state index contributed by atoms with van der Waals surface area (Å²) in [6, 6.07) is 11.8. The average Bonchev–Trinajstić information content (AvgIpc) is 2.74. The molecule has 0 aliphatic heterocycles. The Morgan fingerprint density at radius 2 is 2.03 bits per heavy atom. The van der Waals surface area contributed by atoms with E-state index in [9.17, 15) is 4.79 Å². The lowest BCUT2D eigenvalue weighted by molar-refractivity contribution is 0.102. The largest absolute Gasteiger partial charge is 0.487 e. The third kappa shape index (κ3) is 4.99. The second-order valence-electron chi connectivity index (χ2n) is 5.90. The average molecular weight is 412 g/mol. The van der Waals surface area contributed by atoms with Gasteiger partial charge in [0.05, 0.1) is 40.8 Å². The number of amides is 1. The van der Waals surface area contributed by atoms with Gasteiger partial charge in [-0.15, -0.1) is 0 Å². The first-order valence-corrected chi connectivity index (χ1v) is 8.87. The lowest BCUT2D eigenvalue weighted by atomic mass is 10.2. The Balaban J connectivity index is 1.76. The number of hydrogen-bond donors (Lipinski definition) is 3. The molecule has 0 saturated carbocycles. The molecule has 0 atom stereocenters. The van der Waals surface area contributed by atoms with Gasteiger partial charge in [0, 0.05) is 6.20 Å². The molecule has 0 radical (unpaired) electrons. The number of pyridine rings is 2. The molecule has 9 heteroatoms. The minimum Gasteiger partial charge on any atom is -0.487 e. The lowest BCUT2D eigenvalue weighted by Gasteiger charge is -2.11. The van der Waals surface area contributed by atoms with Gasteiger partial charge in [0.1, 0.15) is 18.2 Å². The van der Waals surface area contributed by atoms with Crippen LogP contribution in [0.25, 0.3) is 0 Å². The van der Waals surface area contributed by atoms with Crippen LogP contribution in [0, 0.1) is 5.41 Å². The number of carbonyl (C=O) groups is 1. The number of benzene rings is 1. The molecule has 29 heavy (non-hydrogen) atoms. The van der Waals surface area contributed by atoms with E-state index in [-0.39, 0.29) is 34.5 Å². The highest BCUT2D eigenvalue weighted by Gasteiger charge is 2.15. The molecule has 4 N–H and O–H groups in total. The Morgan fingerprint density at radius 3 is 2.76 bits per heavy atom. The van der Waals surface area contributed by atoms with Gasteiger partial charge >= 0.3 is 0 Å². The molecule has 3 rings (SSSR count). The summed E-state index contributed by atoms with van der Waals surface area (Å²) < 4.78 is 10.6. The van der Waals surface area contributed by atoms with E-state index >= 15 is 0 Å². The molecule has 1 aromatic carbocycles. The number of nitrogens with one attached hydrogen (secondary N) is 2. The van der Waals surface area contributed by atoms with Crippen LogP contribution in [0.15, 0.2) is 54.9 Å². The number of anilines is 2. The van der Waals surface area contributed by atoms with Crippen molar-refractivity contribution in [3.05, 3.63) is 76.7 Å². The van der Waals surface area contributed by atoms with Crippen LogP contribution in [-0.2, 0) is 11.3 Å². The minimum absolute atomic E-state index is 0.123. The Labute approximate surface area is 172 Å². The van der Waals surface area contributed by atoms with Crippen LogP contribution in [0.2, 0.25) is 5.02 Å². The number of carbonyl (C=O) groups excluding carboxylic acids is 1. The van der Waals surface area contributed by atoms with Crippen LogP contribution < -0.4 is 15.8 Å². The second-order valence-corrected chi connectivity index (χ2v) is 6.30. The summed E-state index contributed by atoms with van der Waals surface area (Å²) in [6.45, 7) is 0.258. The number of aromatic nitrogens is 2. The van der Waals surface area contributed by atoms with Gasteiger partial charge in [-0.05, 0) is 36.4 Å². The fraction of sp³-hybridized carbons (Fsp3) is 0.100. The molecule has 0 spiro atoms. The number of methoxy groups -OCH3 is 1. The minimum atomic E-state index is -0.459. The van der Waals surface area contributed by atoms with Gasteiger partial charge in [0.15, 0.2) is 0 Å². The van der Waals surface area contributed by atoms with Gasteiger partial charge in [0.25, 0.3) is 5.91 Å². The smallest absolute Gasteiger partial charge is 0.257 e. The summed E-state index contributed by atoms with van der Waals surface area (Å²) in [4.78, 5) is 20.9. The van der Waals surface area contributed by atoms with Crippen LogP contribution in [0.5, 0.6) is 5.75 Å². The highest BCUT2D eigenvalue weighted by Crippen LogP contribution is 2.24. The van der Waals surface area contributed by atoms with Gasteiger partial charge in [-0.3, -0.25) is 15.2 Å². The lowest BCUT2D eigenvalue weighted by Crippen LogP contribution is -2.15. The maximum absolute atomic E-state index is 12.7. The van der Waals surface area contributed by atoms with Crippen molar-refractivity contribution in [3.63, 3.8) is 0 Å². The molecule has 0 unspecified atom stereocenters. The molecule has 148 valence electrons. The summed E-state index contributed by atoms with van der Waals surface area (Å²) in [5, 5.41) is 10.7. The van der Waals surface area contributed by atoms with Crippen molar-refractivity contribution in [2.24, 2.45) is 0 Å². The number of halogens is 1. The third-order valence-electron chi connectivity index (χ3n) is 3.92. The fourth-order valence-electron chi connectivity index (χ4n) is 2.44. The summed E-state index contributed by atoms with van der Waals surface area (Å²) in [7, 11) is 1.35. The molecule has 0 fully saturated rings. The molecular formula is C20H18ClN5O3. The zero-order chi connectivity index (χ0) is 20.8. The Hall–Kier alpha value is -3.65. The van der Waals surface area contributed by atoms with Crippen molar-refractivity contribution in [1.29, 1.82) is 5.41 Å². The van der Waals surface area contributed by atoms with Crippen molar-refractivity contribution in [2.75, 3.05) is 18.2 Å². The maximum Gasteiger partial charge on any atom is 0.257 e. The predicted octanol–water partition coefficient (Wildman–Crippen LogP) is 3.52. The van der Waals surface area contributed by atoms with E-state index in [0.29, 0.717) is 11.4 Å². The van der Waals surface area contributed by atoms with Crippen molar-refractivity contribution in [3.8, 4) is 5.75 Å². The molecule has 2 aromatic heterocycles. The fourth-order valence-corrected chi connectivity index (χ4v) is 2.65. The van der Waals surface area contributed by atoms with Gasteiger partial charge < -0.3 is 20.5 Å². The molecule has 1 amide bonds. The standard InChI is InChI=1S/C20H18ClN5O3/c1-28-19(23)16-8-13(10-25-18(16)22)26-20(27)15-9-14(5-6-17(15)21)29-11-12-4-2-3-7-24-12/h2-10,23H,11H2,1H3,(H2,22,25)(H,26,27). The van der Waals surface area contributed by atoms with Crippen molar-refractivity contribution < 1.29 is 14.3 Å². The number of nitrogen functional groups attached to an aromatic ring is 1. The zero-order valence-corrected chi connectivity index (χ0v) is 16.2. The van der Waals surface area contributed by atoms with E-state index in [1.807, 2.05) is 18.2 Å². The topological polar surface area (TPSA) is 123 Å². The van der Waals surface area contributed by atoms with E-state index in [2.05, 4.69) is 15.3 Å². The first-order valence-electron chi connectivity index (χ1n) is 8.50. The Morgan fingerprint density at radius 1 is 1.21 bits per heavy atom. The molecule has 0 bridgehead atoms. The van der Waals surface area contributed by atoms with E-state index in [4.69, 9.17) is 32.2 Å². The number of hydrogen-bond acceptors (Lipinski definition) is 7. The van der Waals surface area contributed by atoms with E-state index in [0.717, 1.165) is 5.69 Å². The van der Waals surface area contributed by atoms with Crippen LogP contribution >= 0.6 is 11.6 Å². The van der Waals surface area contributed by atoms with E-state index in [1.54, 1.807) is 24.4 Å².